The van der Waals surface area contributed by atoms with Crippen molar-refractivity contribution in [1.29, 1.82) is 0 Å². The quantitative estimate of drug-likeness (QED) is 0.901. The lowest BCUT2D eigenvalue weighted by molar-refractivity contribution is 0.293. The summed E-state index contributed by atoms with van der Waals surface area (Å²) in [6.07, 6.45) is 0.825. The third-order valence-electron chi connectivity index (χ3n) is 3.60. The Morgan fingerprint density at radius 2 is 1.81 bits per heavy atom. The van der Waals surface area contributed by atoms with E-state index in [2.05, 4.69) is 53.7 Å². The summed E-state index contributed by atoms with van der Waals surface area (Å²) in [5.41, 5.74) is 3.91. The largest absolute Gasteiger partial charge is 0.493 e. The van der Waals surface area contributed by atoms with Gasteiger partial charge in [0, 0.05) is 11.1 Å². The van der Waals surface area contributed by atoms with Crippen LogP contribution in [-0.4, -0.2) is 14.9 Å². The molecule has 21 heavy (non-hydrogen) atoms. The minimum Gasteiger partial charge on any atom is -0.493 e. The summed E-state index contributed by atoms with van der Waals surface area (Å²) >= 11 is 0. The first kappa shape index (κ1) is 15.6. The molecule has 0 fully saturated rings. The van der Waals surface area contributed by atoms with E-state index < -0.39 is 0 Å². The van der Waals surface area contributed by atoms with Crippen molar-refractivity contribution in [2.45, 2.75) is 53.5 Å². The summed E-state index contributed by atoms with van der Waals surface area (Å²) in [4.78, 5) is 0. The topological polar surface area (TPSA) is 38.0 Å². The molecule has 0 aliphatic heterocycles. The summed E-state index contributed by atoms with van der Waals surface area (Å²) in [6.45, 7) is 12.6. The van der Waals surface area contributed by atoms with Crippen LogP contribution in [0.25, 0.3) is 11.3 Å². The van der Waals surface area contributed by atoms with Crippen molar-refractivity contribution in [3.8, 4) is 17.1 Å². The van der Waals surface area contributed by atoms with E-state index in [9.17, 15) is 5.11 Å². The maximum Gasteiger partial charge on any atom is 0.213 e. The summed E-state index contributed by atoms with van der Waals surface area (Å²) in [7, 11) is 0. The van der Waals surface area contributed by atoms with Crippen LogP contribution in [0, 0.1) is 12.8 Å². The van der Waals surface area contributed by atoms with Gasteiger partial charge in [-0.25, -0.2) is 4.68 Å². The second kappa shape index (κ2) is 5.55. The molecule has 0 spiro atoms. The van der Waals surface area contributed by atoms with Gasteiger partial charge in [-0.2, -0.15) is 5.10 Å². The molecule has 1 N–H and O–H groups in total. The van der Waals surface area contributed by atoms with Crippen LogP contribution in [0.2, 0.25) is 0 Å². The van der Waals surface area contributed by atoms with Crippen LogP contribution in [0.15, 0.2) is 24.3 Å². The van der Waals surface area contributed by atoms with Gasteiger partial charge in [-0.1, -0.05) is 38.1 Å². The molecule has 114 valence electrons. The molecule has 0 saturated heterocycles. The van der Waals surface area contributed by atoms with Gasteiger partial charge in [0.1, 0.15) is 0 Å². The molecule has 2 aromatic rings. The predicted molar refractivity (Wildman–Crippen MR) is 87.6 cm³/mol. The molecular weight excluding hydrogens is 260 g/mol. The minimum absolute atomic E-state index is 0.239. The van der Waals surface area contributed by atoms with E-state index in [4.69, 9.17) is 5.10 Å². The number of aryl methyl sites for hydroxylation is 1. The fourth-order valence-corrected chi connectivity index (χ4v) is 2.56. The maximum absolute atomic E-state index is 10.6. The van der Waals surface area contributed by atoms with Crippen molar-refractivity contribution in [1.82, 2.24) is 9.78 Å². The van der Waals surface area contributed by atoms with Crippen LogP contribution in [-0.2, 0) is 12.0 Å². The molecule has 0 aliphatic carbocycles. The smallest absolute Gasteiger partial charge is 0.213 e. The van der Waals surface area contributed by atoms with Crippen molar-refractivity contribution in [3.63, 3.8) is 0 Å². The summed E-state index contributed by atoms with van der Waals surface area (Å²) in [5, 5.41) is 15.4. The van der Waals surface area contributed by atoms with Crippen molar-refractivity contribution < 1.29 is 5.11 Å². The number of hydrogen-bond acceptors (Lipinski definition) is 2. The zero-order valence-corrected chi connectivity index (χ0v) is 13.9. The van der Waals surface area contributed by atoms with Crippen LogP contribution in [0.5, 0.6) is 5.88 Å². The predicted octanol–water partition coefficient (Wildman–Crippen LogP) is 4.52. The van der Waals surface area contributed by atoms with Crippen molar-refractivity contribution >= 4 is 0 Å². The van der Waals surface area contributed by atoms with Crippen molar-refractivity contribution in [3.05, 3.63) is 35.4 Å². The Bertz CT molecular complexity index is 633. The fraction of sp³-hybridized carbons (Fsp3) is 0.500. The van der Waals surface area contributed by atoms with Gasteiger partial charge < -0.3 is 5.11 Å². The molecule has 0 radical (unpaired) electrons. The van der Waals surface area contributed by atoms with E-state index in [0.717, 1.165) is 23.2 Å². The summed E-state index contributed by atoms with van der Waals surface area (Å²) in [5.74, 6) is 0.769. The Balaban J connectivity index is 2.67. The Kier molecular flexibility index (Phi) is 4.13. The molecule has 0 amide bonds. The zero-order chi connectivity index (χ0) is 15.8. The molecule has 1 aromatic carbocycles. The highest BCUT2D eigenvalue weighted by Gasteiger charge is 2.26. The monoisotopic (exact) mass is 286 g/mol. The van der Waals surface area contributed by atoms with E-state index in [1.165, 1.54) is 5.56 Å². The van der Waals surface area contributed by atoms with E-state index in [0.29, 0.717) is 11.8 Å². The molecule has 2 rings (SSSR count). The lowest BCUT2D eigenvalue weighted by Gasteiger charge is -2.20. The Morgan fingerprint density at radius 3 is 2.33 bits per heavy atom. The Morgan fingerprint density at radius 1 is 1.19 bits per heavy atom. The zero-order valence-electron chi connectivity index (χ0n) is 13.9. The first-order chi connectivity index (χ1) is 9.71. The molecule has 3 heteroatoms. The average molecular weight is 286 g/mol. The van der Waals surface area contributed by atoms with Gasteiger partial charge in [0.2, 0.25) is 5.88 Å². The van der Waals surface area contributed by atoms with Crippen LogP contribution in [0.1, 0.15) is 45.7 Å². The Labute approximate surface area is 127 Å². The molecule has 0 atom stereocenters. The van der Waals surface area contributed by atoms with Gasteiger partial charge in [0.25, 0.3) is 0 Å². The highest BCUT2D eigenvalue weighted by molar-refractivity contribution is 5.68. The van der Waals surface area contributed by atoms with Gasteiger partial charge >= 0.3 is 0 Å². The van der Waals surface area contributed by atoms with E-state index in [-0.39, 0.29) is 5.54 Å². The van der Waals surface area contributed by atoms with Crippen molar-refractivity contribution in [2.75, 3.05) is 0 Å². The highest BCUT2D eigenvalue weighted by Crippen LogP contribution is 2.36. The molecule has 0 aliphatic rings. The third kappa shape index (κ3) is 3.12. The van der Waals surface area contributed by atoms with Gasteiger partial charge in [-0.3, -0.25) is 0 Å². The molecule has 3 nitrogen and oxygen atoms in total. The molecule has 1 heterocycles. The van der Waals surface area contributed by atoms with Crippen LogP contribution in [0.4, 0.5) is 0 Å². The SMILES string of the molecule is Cc1ccccc1-c1nn(C(C)(C)C)c(O)c1CC(C)C. The number of aromatic nitrogens is 2. The van der Waals surface area contributed by atoms with Gasteiger partial charge in [-0.05, 0) is 45.6 Å². The first-order valence-corrected chi connectivity index (χ1v) is 7.59. The molecule has 0 unspecified atom stereocenters. The summed E-state index contributed by atoms with van der Waals surface area (Å²) < 4.78 is 1.74. The van der Waals surface area contributed by atoms with Crippen molar-refractivity contribution in [2.24, 2.45) is 5.92 Å². The number of rotatable bonds is 3. The normalized spacial score (nSPS) is 12.1. The molecule has 0 saturated carbocycles. The van der Waals surface area contributed by atoms with Crippen LogP contribution in [0.3, 0.4) is 0 Å². The second-order valence-corrected chi connectivity index (χ2v) is 7.15. The standard InChI is InChI=1S/C18H26N2O/c1-12(2)11-15-16(14-10-8-7-9-13(14)3)19-20(17(15)21)18(4,5)6/h7-10,12,21H,11H2,1-6H3. The number of nitrogens with zero attached hydrogens (tertiary/aromatic N) is 2. The average Bonchev–Trinajstić information content (AvgIpc) is 2.67. The summed E-state index contributed by atoms with van der Waals surface area (Å²) in [6, 6.07) is 8.21. The lowest BCUT2D eigenvalue weighted by atomic mass is 9.97. The number of aromatic hydroxyl groups is 1. The van der Waals surface area contributed by atoms with E-state index in [1.807, 2.05) is 12.1 Å². The number of benzene rings is 1. The molecule has 0 bridgehead atoms. The Hall–Kier alpha value is -1.77. The highest BCUT2D eigenvalue weighted by atomic mass is 16.3. The second-order valence-electron chi connectivity index (χ2n) is 7.15. The van der Waals surface area contributed by atoms with Crippen LogP contribution < -0.4 is 0 Å². The maximum atomic E-state index is 10.6. The van der Waals surface area contributed by atoms with E-state index >= 15 is 0 Å². The van der Waals surface area contributed by atoms with Gasteiger partial charge in [0.15, 0.2) is 0 Å². The van der Waals surface area contributed by atoms with Gasteiger partial charge in [0.05, 0.1) is 11.2 Å². The van der Waals surface area contributed by atoms with Gasteiger partial charge in [-0.15, -0.1) is 0 Å². The minimum atomic E-state index is -0.239. The first-order valence-electron chi connectivity index (χ1n) is 7.59. The van der Waals surface area contributed by atoms with E-state index in [1.54, 1.807) is 4.68 Å². The number of hydrogen-bond donors (Lipinski definition) is 1. The lowest BCUT2D eigenvalue weighted by Crippen LogP contribution is -2.22. The third-order valence-corrected chi connectivity index (χ3v) is 3.60. The van der Waals surface area contributed by atoms with Crippen LogP contribution >= 0.6 is 0 Å². The molecule has 1 aromatic heterocycles. The fourth-order valence-electron chi connectivity index (χ4n) is 2.56. The molecular formula is C18H26N2O.